The van der Waals surface area contributed by atoms with E-state index in [4.69, 9.17) is 9.26 Å². The van der Waals surface area contributed by atoms with E-state index in [9.17, 15) is 0 Å². The number of hydrogen-bond acceptors (Lipinski definition) is 7. The van der Waals surface area contributed by atoms with Gasteiger partial charge < -0.3 is 20.3 Å². The third-order valence-electron chi connectivity index (χ3n) is 5.58. The van der Waals surface area contributed by atoms with E-state index in [1.165, 1.54) is 18.5 Å². The molecule has 7 heteroatoms. The Morgan fingerprint density at radius 2 is 1.76 bits per heavy atom. The first-order valence-electron chi connectivity index (χ1n) is 12.0. The van der Waals surface area contributed by atoms with Crippen molar-refractivity contribution in [3.05, 3.63) is 54.1 Å². The molecular weight excluding hydrogens is 414 g/mol. The highest BCUT2D eigenvalue weighted by Crippen LogP contribution is 2.38. The van der Waals surface area contributed by atoms with E-state index < -0.39 is 0 Å². The zero-order chi connectivity index (χ0) is 22.9. The lowest BCUT2D eigenvalue weighted by Gasteiger charge is -2.19. The van der Waals surface area contributed by atoms with Gasteiger partial charge in [0.25, 0.3) is 0 Å². The van der Waals surface area contributed by atoms with Crippen molar-refractivity contribution < 1.29 is 9.26 Å². The fourth-order valence-corrected chi connectivity index (χ4v) is 3.72. The van der Waals surface area contributed by atoms with E-state index >= 15 is 0 Å². The van der Waals surface area contributed by atoms with Gasteiger partial charge in [0.1, 0.15) is 5.82 Å². The van der Waals surface area contributed by atoms with Crippen LogP contribution in [0, 0.1) is 12.8 Å². The highest BCUT2D eigenvalue weighted by molar-refractivity contribution is 5.61. The highest BCUT2D eigenvalue weighted by atomic mass is 16.5. The van der Waals surface area contributed by atoms with Crippen LogP contribution in [0.2, 0.25) is 0 Å². The molecule has 1 aliphatic heterocycles. The van der Waals surface area contributed by atoms with E-state index in [0.717, 1.165) is 48.1 Å². The number of aromatic nitrogens is 3. The van der Waals surface area contributed by atoms with Gasteiger partial charge in [-0.3, -0.25) is 0 Å². The largest absolute Gasteiger partial charge is 0.477 e. The molecule has 5 rings (SSSR count). The number of hydrogen-bond donors (Lipinski definition) is 1. The van der Waals surface area contributed by atoms with Crippen LogP contribution in [0.3, 0.4) is 0 Å². The molecule has 0 unspecified atom stereocenters. The summed E-state index contributed by atoms with van der Waals surface area (Å²) in [5.41, 5.74) is 3.30. The molecule has 1 saturated heterocycles. The lowest BCUT2D eigenvalue weighted by molar-refractivity contribution is 0.249. The van der Waals surface area contributed by atoms with Crippen molar-refractivity contribution in [1.82, 2.24) is 21.3 Å². The van der Waals surface area contributed by atoms with Crippen LogP contribution in [0.5, 0.6) is 5.88 Å². The lowest BCUT2D eigenvalue weighted by atomic mass is 10.1. The molecule has 3 heterocycles. The molecule has 1 aromatic carbocycles. The zero-order valence-corrected chi connectivity index (χ0v) is 20.8. The summed E-state index contributed by atoms with van der Waals surface area (Å²) in [5.74, 6) is 3.55. The summed E-state index contributed by atoms with van der Waals surface area (Å²) in [5, 5.41) is 3.77. The molecule has 2 aliphatic rings. The topological polar surface area (TPSA) is 99.3 Å². The van der Waals surface area contributed by atoms with Crippen molar-refractivity contribution >= 4 is 5.69 Å². The molecule has 3 N–H and O–H groups in total. The molecular formula is C26H39N5O2. The van der Waals surface area contributed by atoms with Crippen LogP contribution < -0.4 is 15.8 Å². The SMILES string of the molecule is CC.CC.Cc1cnc(C2CC2)nc1OC[C@H]1CCN(c2ccc(-c3ccno3)cc2)C1.N. The Morgan fingerprint density at radius 3 is 2.39 bits per heavy atom. The quantitative estimate of drug-likeness (QED) is 0.458. The van der Waals surface area contributed by atoms with E-state index in [0.29, 0.717) is 18.4 Å². The summed E-state index contributed by atoms with van der Waals surface area (Å²) in [7, 11) is 0. The van der Waals surface area contributed by atoms with Crippen molar-refractivity contribution in [1.29, 1.82) is 0 Å². The van der Waals surface area contributed by atoms with Gasteiger partial charge in [-0.25, -0.2) is 4.98 Å². The smallest absolute Gasteiger partial charge is 0.219 e. The Labute approximate surface area is 198 Å². The minimum Gasteiger partial charge on any atom is -0.477 e. The van der Waals surface area contributed by atoms with Crippen molar-refractivity contribution in [3.8, 4) is 17.2 Å². The molecule has 0 radical (unpaired) electrons. The Hall–Kier alpha value is -2.93. The monoisotopic (exact) mass is 453 g/mol. The molecule has 7 nitrogen and oxygen atoms in total. The minimum absolute atomic E-state index is 0. The fraction of sp³-hybridized carbons (Fsp3) is 0.500. The third kappa shape index (κ3) is 6.78. The van der Waals surface area contributed by atoms with Crippen LogP contribution >= 0.6 is 0 Å². The Morgan fingerprint density at radius 1 is 1.03 bits per heavy atom. The number of benzene rings is 1. The predicted molar refractivity (Wildman–Crippen MR) is 134 cm³/mol. The van der Waals surface area contributed by atoms with E-state index in [1.54, 1.807) is 6.20 Å². The minimum atomic E-state index is 0. The normalized spacial score (nSPS) is 16.6. The summed E-state index contributed by atoms with van der Waals surface area (Å²) >= 11 is 0. The summed E-state index contributed by atoms with van der Waals surface area (Å²) in [4.78, 5) is 11.5. The van der Waals surface area contributed by atoms with Gasteiger partial charge in [-0.05, 0) is 50.5 Å². The van der Waals surface area contributed by atoms with Gasteiger partial charge >= 0.3 is 0 Å². The second-order valence-corrected chi connectivity index (χ2v) is 7.83. The number of ether oxygens (including phenoxy) is 1. The second-order valence-electron chi connectivity index (χ2n) is 7.83. The first kappa shape index (κ1) is 26.3. The van der Waals surface area contributed by atoms with Crippen molar-refractivity contribution in [3.63, 3.8) is 0 Å². The van der Waals surface area contributed by atoms with Crippen LogP contribution in [0.4, 0.5) is 5.69 Å². The first-order valence-corrected chi connectivity index (χ1v) is 12.0. The number of aryl methyl sites for hydroxylation is 1. The predicted octanol–water partition coefficient (Wildman–Crippen LogP) is 6.44. The fourth-order valence-electron chi connectivity index (χ4n) is 3.72. The average Bonchev–Trinajstić information content (AvgIpc) is 3.35. The first-order chi connectivity index (χ1) is 15.8. The Balaban J connectivity index is 0.000000733. The maximum Gasteiger partial charge on any atom is 0.219 e. The van der Waals surface area contributed by atoms with E-state index in [1.807, 2.05) is 46.9 Å². The molecule has 1 saturated carbocycles. The molecule has 1 atom stereocenters. The van der Waals surface area contributed by atoms with Crippen LogP contribution in [0.15, 0.2) is 47.2 Å². The summed E-state index contributed by atoms with van der Waals surface area (Å²) < 4.78 is 11.3. The molecule has 2 fully saturated rings. The standard InChI is InChI=1S/C22H24N4O2.2C2H6.H3N/c1-15-12-23-21(18-2-3-18)25-22(15)27-14-16-9-11-26(13-16)19-6-4-17(5-7-19)20-8-10-24-28-20;2*1-2;/h4-8,10,12,16,18H,2-3,9,11,13-14H2,1H3;2*1-2H3;1H3/t16-;;;/m0.../s1. The highest BCUT2D eigenvalue weighted by Gasteiger charge is 2.28. The molecule has 180 valence electrons. The van der Waals surface area contributed by atoms with Gasteiger partial charge in [0.05, 0.1) is 12.8 Å². The van der Waals surface area contributed by atoms with Gasteiger partial charge in [0.15, 0.2) is 5.76 Å². The van der Waals surface area contributed by atoms with Crippen molar-refractivity contribution in [2.75, 3.05) is 24.6 Å². The van der Waals surface area contributed by atoms with Crippen LogP contribution in [0.25, 0.3) is 11.3 Å². The molecule has 0 bridgehead atoms. The van der Waals surface area contributed by atoms with Gasteiger partial charge in [0, 0.05) is 54.0 Å². The van der Waals surface area contributed by atoms with Gasteiger partial charge in [-0.1, -0.05) is 32.9 Å². The number of rotatable bonds is 6. The average molecular weight is 454 g/mol. The summed E-state index contributed by atoms with van der Waals surface area (Å²) in [6.07, 6.45) is 7.10. The van der Waals surface area contributed by atoms with Gasteiger partial charge in [-0.15, -0.1) is 0 Å². The summed E-state index contributed by atoms with van der Waals surface area (Å²) in [6.45, 7) is 12.8. The van der Waals surface area contributed by atoms with E-state index in [2.05, 4.69) is 44.3 Å². The van der Waals surface area contributed by atoms with Gasteiger partial charge in [-0.2, -0.15) is 4.98 Å². The zero-order valence-electron chi connectivity index (χ0n) is 20.8. The molecule has 33 heavy (non-hydrogen) atoms. The molecule has 0 amide bonds. The van der Waals surface area contributed by atoms with Crippen molar-refractivity contribution in [2.24, 2.45) is 5.92 Å². The third-order valence-corrected chi connectivity index (χ3v) is 5.58. The lowest BCUT2D eigenvalue weighted by Crippen LogP contribution is -2.22. The molecule has 0 spiro atoms. The van der Waals surface area contributed by atoms with Crippen molar-refractivity contribution in [2.45, 2.75) is 59.8 Å². The van der Waals surface area contributed by atoms with Crippen LogP contribution in [-0.4, -0.2) is 34.8 Å². The van der Waals surface area contributed by atoms with Gasteiger partial charge in [0.2, 0.25) is 5.88 Å². The summed E-state index contributed by atoms with van der Waals surface area (Å²) in [6, 6.07) is 10.4. The van der Waals surface area contributed by atoms with Crippen LogP contribution in [0.1, 0.15) is 64.3 Å². The second kappa shape index (κ2) is 12.9. The molecule has 2 aromatic heterocycles. The van der Waals surface area contributed by atoms with Crippen LogP contribution in [-0.2, 0) is 0 Å². The van der Waals surface area contributed by atoms with E-state index in [-0.39, 0.29) is 6.15 Å². The maximum atomic E-state index is 6.09. The molecule has 3 aromatic rings. The maximum absolute atomic E-state index is 6.09. The number of anilines is 1. The Kier molecular flexibility index (Phi) is 10.3. The number of nitrogens with zero attached hydrogens (tertiary/aromatic N) is 4. The Bertz CT molecular complexity index is 940. The molecule has 1 aliphatic carbocycles.